The number of rotatable bonds is 16. The molecule has 6 N–H and O–H groups in total. The topological polar surface area (TPSA) is 197 Å². The maximum atomic E-state index is 14.8. The van der Waals surface area contributed by atoms with Crippen LogP contribution in [0.25, 0.3) is 0 Å². The lowest BCUT2D eigenvalue weighted by molar-refractivity contribution is -0.112. The van der Waals surface area contributed by atoms with Gasteiger partial charge in [-0.15, -0.1) is 0 Å². The Bertz CT molecular complexity index is 2940. The van der Waals surface area contributed by atoms with E-state index in [4.69, 9.17) is 23.2 Å². The molecule has 4 aromatic heterocycles. The number of hydrogen-bond acceptors (Lipinski definition) is 13. The summed E-state index contributed by atoms with van der Waals surface area (Å²) in [7, 11) is 5.39. The van der Waals surface area contributed by atoms with Crippen molar-refractivity contribution in [1.29, 1.82) is 0 Å². The van der Waals surface area contributed by atoms with Crippen LogP contribution in [0.1, 0.15) is 11.1 Å². The molecule has 7 rings (SSSR count). The summed E-state index contributed by atoms with van der Waals surface area (Å²) >= 11 is 12.8. The van der Waals surface area contributed by atoms with Crippen LogP contribution < -0.4 is 31.9 Å². The SMILES string of the molecule is CN(C/C=C/C(=O)Nc1ccc(F)c(Nc2nc(Nc3ccnn3C)ncc2Cl)c1)C/C=C/C(=O)Nc1ccc(C#Cc2ccccc2)c(Nc2nc(Nc3cnn(C)c3)ncc2Cl)c1. The highest BCUT2D eigenvalue weighted by molar-refractivity contribution is 6.33. The first kappa shape index (κ1) is 44.9. The van der Waals surface area contributed by atoms with Crippen molar-refractivity contribution in [3.8, 4) is 11.8 Å². The Morgan fingerprint density at radius 1 is 0.723 bits per heavy atom. The van der Waals surface area contributed by atoms with Crippen molar-refractivity contribution < 1.29 is 14.0 Å². The largest absolute Gasteiger partial charge is 0.338 e. The number of likely N-dealkylation sites (N-methyl/N-ethyl adjacent to an activating group) is 1. The zero-order valence-electron chi connectivity index (χ0n) is 35.0. The fraction of sp³-hybridized carbons (Fsp3) is 0.111. The van der Waals surface area contributed by atoms with Crippen LogP contribution in [0.2, 0.25) is 10.0 Å². The molecule has 0 saturated carbocycles. The van der Waals surface area contributed by atoms with Gasteiger partial charge in [0.25, 0.3) is 0 Å². The molecular formula is C45H40Cl2FN15O2. The van der Waals surface area contributed by atoms with Crippen LogP contribution >= 0.6 is 23.2 Å². The van der Waals surface area contributed by atoms with Crippen molar-refractivity contribution in [3.05, 3.63) is 155 Å². The molecule has 0 aliphatic carbocycles. The summed E-state index contributed by atoms with van der Waals surface area (Å²) in [6.45, 7) is 0.794. The first-order valence-corrected chi connectivity index (χ1v) is 20.4. The van der Waals surface area contributed by atoms with E-state index in [-0.39, 0.29) is 33.4 Å². The third-order valence-corrected chi connectivity index (χ3v) is 9.58. The smallest absolute Gasteiger partial charge is 0.248 e. The van der Waals surface area contributed by atoms with Crippen LogP contribution in [0.3, 0.4) is 0 Å². The molecule has 0 aliphatic heterocycles. The van der Waals surface area contributed by atoms with Gasteiger partial charge in [-0.05, 0) is 55.6 Å². The van der Waals surface area contributed by atoms with Gasteiger partial charge in [-0.2, -0.15) is 20.2 Å². The quantitative estimate of drug-likeness (QED) is 0.0402. The van der Waals surface area contributed by atoms with E-state index in [9.17, 15) is 14.0 Å². The normalized spacial score (nSPS) is 11.1. The van der Waals surface area contributed by atoms with Crippen LogP contribution in [0.4, 0.5) is 62.2 Å². The minimum absolute atomic E-state index is 0.0353. The average molecular weight is 913 g/mol. The molecule has 328 valence electrons. The average Bonchev–Trinajstić information content (AvgIpc) is 3.90. The zero-order valence-corrected chi connectivity index (χ0v) is 36.5. The van der Waals surface area contributed by atoms with Gasteiger partial charge in [-0.1, -0.05) is 65.4 Å². The maximum absolute atomic E-state index is 14.8. The molecule has 2 amide bonds. The summed E-state index contributed by atoms with van der Waals surface area (Å²) in [5, 5.41) is 26.5. The molecule has 0 spiro atoms. The number of halogens is 3. The number of nitrogens with zero attached hydrogens (tertiary/aromatic N) is 9. The van der Waals surface area contributed by atoms with E-state index in [0.717, 1.165) is 5.56 Å². The second kappa shape index (κ2) is 21.3. The Hall–Kier alpha value is -8.11. The molecule has 0 aliphatic rings. The van der Waals surface area contributed by atoms with Crippen LogP contribution in [0.15, 0.2) is 128 Å². The van der Waals surface area contributed by atoms with E-state index in [0.29, 0.717) is 59.0 Å². The number of aryl methyl sites for hydroxylation is 2. The van der Waals surface area contributed by atoms with E-state index in [1.807, 2.05) is 42.3 Å². The standard InChI is InChI=1S/C45H40Cl2FN15O2/c1-61(22-8-12-41(65)54-32-17-18-36(48)38(24-32)57-43-35(47)27-50-45(60-43)58-39-19-20-51-63(39)3)21-7-11-40(64)53-31-16-15-30(14-13-29-9-5-4-6-10-29)37(23-31)56-42-34(46)26-49-44(59-42)55-33-25-52-62(2)28-33/h4-12,15-20,23-28H,21-22H2,1-3H3,(H,53,64)(H,54,65)(H2,49,55,56,59)(H2,50,57,58,60)/b11-7+,12-8+. The van der Waals surface area contributed by atoms with Gasteiger partial charge in [0, 0.05) is 74.1 Å². The lowest BCUT2D eigenvalue weighted by Gasteiger charge is -2.13. The maximum Gasteiger partial charge on any atom is 0.248 e. The summed E-state index contributed by atoms with van der Waals surface area (Å²) in [6, 6.07) is 20.6. The van der Waals surface area contributed by atoms with Crippen molar-refractivity contribution in [2.75, 3.05) is 52.0 Å². The van der Waals surface area contributed by atoms with Gasteiger partial charge in [-0.3, -0.25) is 23.9 Å². The molecule has 7 aromatic rings. The van der Waals surface area contributed by atoms with E-state index in [1.54, 1.807) is 78.5 Å². The first-order valence-electron chi connectivity index (χ1n) is 19.7. The summed E-state index contributed by atoms with van der Waals surface area (Å²) in [6.07, 6.45) is 14.1. The van der Waals surface area contributed by atoms with E-state index in [2.05, 4.69) is 73.9 Å². The minimum Gasteiger partial charge on any atom is -0.338 e. The lowest BCUT2D eigenvalue weighted by Crippen LogP contribution is -2.19. The highest BCUT2D eigenvalue weighted by Crippen LogP contribution is 2.30. The number of anilines is 10. The van der Waals surface area contributed by atoms with E-state index >= 15 is 0 Å². The predicted octanol–water partition coefficient (Wildman–Crippen LogP) is 8.18. The molecule has 0 radical (unpaired) electrons. The Balaban J connectivity index is 0.927. The van der Waals surface area contributed by atoms with Crippen LogP contribution in [0.5, 0.6) is 0 Å². The summed E-state index contributed by atoms with van der Waals surface area (Å²) in [5.74, 6) is 6.61. The molecule has 4 heterocycles. The van der Waals surface area contributed by atoms with Gasteiger partial charge in [0.1, 0.15) is 21.7 Å². The van der Waals surface area contributed by atoms with Crippen molar-refractivity contribution in [2.45, 2.75) is 0 Å². The Morgan fingerprint density at radius 3 is 1.95 bits per heavy atom. The van der Waals surface area contributed by atoms with Crippen LogP contribution in [0, 0.1) is 17.7 Å². The van der Waals surface area contributed by atoms with E-state index < -0.39 is 11.7 Å². The fourth-order valence-electron chi connectivity index (χ4n) is 5.83. The fourth-order valence-corrected chi connectivity index (χ4v) is 6.10. The summed E-state index contributed by atoms with van der Waals surface area (Å²) < 4.78 is 18.1. The molecule has 0 fully saturated rings. The number of carbonyl (C=O) groups excluding carboxylic acids is 2. The van der Waals surface area contributed by atoms with Gasteiger partial charge in [0.15, 0.2) is 11.6 Å². The molecular weight excluding hydrogens is 873 g/mol. The number of benzene rings is 3. The Morgan fingerprint density at radius 2 is 1.34 bits per heavy atom. The molecule has 0 bridgehead atoms. The van der Waals surface area contributed by atoms with Crippen molar-refractivity contribution in [1.82, 2.24) is 44.4 Å². The number of aromatic nitrogens is 8. The second-order valence-corrected chi connectivity index (χ2v) is 14.9. The summed E-state index contributed by atoms with van der Waals surface area (Å²) in [4.78, 5) is 45.0. The monoisotopic (exact) mass is 911 g/mol. The van der Waals surface area contributed by atoms with E-state index in [1.165, 1.54) is 42.7 Å². The number of amides is 2. The molecule has 17 nitrogen and oxygen atoms in total. The van der Waals surface area contributed by atoms with Gasteiger partial charge in [0.05, 0.1) is 41.8 Å². The van der Waals surface area contributed by atoms with Crippen molar-refractivity contribution >= 4 is 92.8 Å². The number of carbonyl (C=O) groups is 2. The van der Waals surface area contributed by atoms with Gasteiger partial charge >= 0.3 is 0 Å². The molecule has 3 aromatic carbocycles. The van der Waals surface area contributed by atoms with Gasteiger partial charge in [0.2, 0.25) is 23.7 Å². The molecule has 65 heavy (non-hydrogen) atoms. The van der Waals surface area contributed by atoms with Crippen LogP contribution in [-0.2, 0) is 23.7 Å². The first-order chi connectivity index (χ1) is 31.4. The third-order valence-electron chi connectivity index (χ3n) is 9.03. The Kier molecular flexibility index (Phi) is 14.7. The number of nitrogens with one attached hydrogen (secondary N) is 6. The minimum atomic E-state index is -0.588. The predicted molar refractivity (Wildman–Crippen MR) is 252 cm³/mol. The lowest BCUT2D eigenvalue weighted by atomic mass is 10.1. The van der Waals surface area contributed by atoms with Crippen LogP contribution in [-0.4, -0.2) is 76.3 Å². The van der Waals surface area contributed by atoms with Crippen molar-refractivity contribution in [2.24, 2.45) is 14.1 Å². The highest BCUT2D eigenvalue weighted by atomic mass is 35.5. The van der Waals surface area contributed by atoms with Crippen molar-refractivity contribution in [3.63, 3.8) is 0 Å². The number of hydrogen-bond donors (Lipinski definition) is 6. The van der Waals surface area contributed by atoms with Gasteiger partial charge < -0.3 is 31.9 Å². The summed E-state index contributed by atoms with van der Waals surface area (Å²) in [5.41, 5.74) is 3.58. The molecule has 0 saturated heterocycles. The molecule has 0 atom stereocenters. The molecule has 0 unspecified atom stereocenters. The van der Waals surface area contributed by atoms with Gasteiger partial charge in [-0.25, -0.2) is 14.4 Å². The Labute approximate surface area is 382 Å². The molecule has 20 heteroatoms. The zero-order chi connectivity index (χ0) is 45.7. The highest BCUT2D eigenvalue weighted by Gasteiger charge is 2.14. The third kappa shape index (κ3) is 13.0. The second-order valence-electron chi connectivity index (χ2n) is 14.1.